The Hall–Kier alpha value is -4.45. The zero-order valence-corrected chi connectivity index (χ0v) is 22.9. The third-order valence-corrected chi connectivity index (χ3v) is 7.80. The molecule has 4 atom stereocenters. The van der Waals surface area contributed by atoms with E-state index in [-0.39, 0.29) is 11.2 Å². The van der Waals surface area contributed by atoms with Gasteiger partial charge in [0.05, 0.1) is 13.4 Å². The van der Waals surface area contributed by atoms with Crippen LogP contribution in [0.2, 0.25) is 0 Å². The molecule has 1 fully saturated rings. The number of hydrogen-bond acceptors (Lipinski definition) is 8. The monoisotopic (exact) mass is 573 g/mol. The summed E-state index contributed by atoms with van der Waals surface area (Å²) in [7, 11) is 1.60. The van der Waals surface area contributed by atoms with E-state index in [9.17, 15) is 10.2 Å². The highest BCUT2D eigenvalue weighted by Crippen LogP contribution is 2.48. The van der Waals surface area contributed by atoms with Crippen LogP contribution in [-0.4, -0.2) is 61.1 Å². The second kappa shape index (κ2) is 10.4. The van der Waals surface area contributed by atoms with E-state index in [0.29, 0.717) is 11.6 Å². The molecule has 11 heteroatoms. The Morgan fingerprint density at radius 3 is 2.07 bits per heavy atom. The Labute approximate surface area is 240 Å². The highest BCUT2D eigenvalue weighted by atomic mass is 19.2. The molecule has 1 aliphatic rings. The maximum Gasteiger partial charge on any atom is 0.263 e. The van der Waals surface area contributed by atoms with Crippen LogP contribution >= 0.6 is 0 Å². The second-order valence-electron chi connectivity index (χ2n) is 10.4. The van der Waals surface area contributed by atoms with Crippen molar-refractivity contribution in [2.45, 2.75) is 36.3 Å². The summed E-state index contributed by atoms with van der Waals surface area (Å²) in [4.78, 5) is 13.3. The molecule has 1 saturated heterocycles. The quantitative estimate of drug-likeness (QED) is 0.232. The summed E-state index contributed by atoms with van der Waals surface area (Å²) in [5, 5.41) is 23.4. The molecule has 0 amide bonds. The van der Waals surface area contributed by atoms with Gasteiger partial charge in [-0.15, -0.1) is 0 Å². The van der Waals surface area contributed by atoms with Gasteiger partial charge in [-0.3, -0.25) is 4.57 Å². The summed E-state index contributed by atoms with van der Waals surface area (Å²) in [6.07, 6.45) is -1.36. The van der Waals surface area contributed by atoms with Crippen LogP contribution in [-0.2, 0) is 10.3 Å². The zero-order chi connectivity index (χ0) is 29.5. The van der Waals surface area contributed by atoms with Gasteiger partial charge in [0.25, 0.3) is 5.85 Å². The average Bonchev–Trinajstić information content (AvgIpc) is 3.54. The normalized spacial score (nSPS) is 24.1. The summed E-state index contributed by atoms with van der Waals surface area (Å²) in [6.45, 7) is -0.220. The van der Waals surface area contributed by atoms with Crippen LogP contribution in [0.3, 0.4) is 0 Å². The molecule has 0 unspecified atom stereocenters. The number of rotatable bonds is 8. The highest BCUT2D eigenvalue weighted by Gasteiger charge is 2.64. The number of anilines is 1. The van der Waals surface area contributed by atoms with E-state index in [1.807, 2.05) is 84.9 Å². The van der Waals surface area contributed by atoms with Gasteiger partial charge in [-0.1, -0.05) is 72.8 Å². The van der Waals surface area contributed by atoms with Crippen molar-refractivity contribution in [3.8, 4) is 5.75 Å². The van der Waals surface area contributed by atoms with Crippen molar-refractivity contribution in [3.63, 3.8) is 0 Å². The molecule has 0 spiro atoms. The third-order valence-electron chi connectivity index (χ3n) is 7.80. The lowest BCUT2D eigenvalue weighted by atomic mass is 9.77. The lowest BCUT2D eigenvalue weighted by molar-refractivity contribution is -0.206. The molecule has 42 heavy (non-hydrogen) atoms. The molecule has 0 aliphatic carbocycles. The minimum atomic E-state index is -3.00. The molecule has 9 nitrogen and oxygen atoms in total. The van der Waals surface area contributed by atoms with Crippen molar-refractivity contribution in [2.24, 2.45) is 0 Å². The predicted molar refractivity (Wildman–Crippen MR) is 151 cm³/mol. The molecule has 3 aromatic carbocycles. The van der Waals surface area contributed by atoms with E-state index in [4.69, 9.17) is 9.47 Å². The van der Waals surface area contributed by atoms with Gasteiger partial charge in [-0.05, 0) is 35.7 Å². The number of halogens is 2. The number of hydrogen-bond donors (Lipinski definition) is 3. The number of ether oxygens (including phenoxy) is 2. The van der Waals surface area contributed by atoms with E-state index in [2.05, 4.69) is 20.3 Å². The Balaban J connectivity index is 1.54. The summed E-state index contributed by atoms with van der Waals surface area (Å²) in [5.41, 5.74) is -0.524. The Morgan fingerprint density at radius 2 is 1.52 bits per heavy atom. The minimum absolute atomic E-state index is 0.139. The first-order chi connectivity index (χ1) is 20.2. The molecule has 3 heterocycles. The minimum Gasteiger partial charge on any atom is -0.497 e. The molecule has 5 aromatic rings. The van der Waals surface area contributed by atoms with Gasteiger partial charge in [0, 0.05) is 0 Å². The Bertz CT molecular complexity index is 1650. The predicted octanol–water partition coefficient (Wildman–Crippen LogP) is 4.51. The molecule has 0 radical (unpaired) electrons. The number of fused-ring (bicyclic) bond motifs is 1. The maximum absolute atomic E-state index is 15.7. The smallest absolute Gasteiger partial charge is 0.263 e. The number of aliphatic hydroxyl groups excluding tert-OH is 2. The molecular weight excluding hydrogens is 544 g/mol. The molecule has 2 aromatic heterocycles. The number of nitrogens with zero attached hydrogens (tertiary/aromatic N) is 4. The fourth-order valence-corrected chi connectivity index (χ4v) is 5.60. The number of aliphatic hydroxyl groups is 2. The van der Waals surface area contributed by atoms with Crippen molar-refractivity contribution in [3.05, 3.63) is 114 Å². The van der Waals surface area contributed by atoms with Crippen molar-refractivity contribution in [1.29, 1.82) is 0 Å². The number of methoxy groups -OCH3 is 1. The summed E-state index contributed by atoms with van der Waals surface area (Å²) in [5.74, 6) is -1.99. The lowest BCUT2D eigenvalue weighted by Gasteiger charge is -2.37. The van der Waals surface area contributed by atoms with Crippen LogP contribution in [0.4, 0.5) is 14.6 Å². The van der Waals surface area contributed by atoms with Gasteiger partial charge < -0.3 is 25.0 Å². The fraction of sp³-hybridized carbons (Fsp3) is 0.258. The van der Waals surface area contributed by atoms with Crippen LogP contribution in [0.15, 0.2) is 97.6 Å². The number of alkyl halides is 2. The molecule has 216 valence electrons. The van der Waals surface area contributed by atoms with Gasteiger partial charge in [0.2, 0.25) is 0 Å². The molecule has 0 saturated carbocycles. The number of benzene rings is 3. The van der Waals surface area contributed by atoms with Crippen LogP contribution in [0.25, 0.3) is 11.2 Å². The first kappa shape index (κ1) is 27.7. The van der Waals surface area contributed by atoms with Crippen LogP contribution in [0.1, 0.15) is 29.8 Å². The molecule has 0 bridgehead atoms. The maximum atomic E-state index is 15.7. The number of aromatic nitrogens is 4. The second-order valence-corrected chi connectivity index (χ2v) is 10.4. The average molecular weight is 574 g/mol. The van der Waals surface area contributed by atoms with Crippen molar-refractivity contribution < 1.29 is 28.5 Å². The van der Waals surface area contributed by atoms with Gasteiger partial charge in [0.1, 0.15) is 24.2 Å². The summed E-state index contributed by atoms with van der Waals surface area (Å²) in [6, 6.07) is 27.3. The SMILES string of the molecule is COc1ccc(C(Nc2ncnc3c2ncn3[C@@H]2O[C@](F)(CO)[C@@H](O)[C@@]2(C)F)(c2ccccc2)c2ccccc2)cc1. The Kier molecular flexibility index (Phi) is 6.88. The standard InChI is InChI=1S/C31H29F2N5O4/c1-29(32)27(40)30(33,17-39)42-28(29)38-19-36-24-25(34-18-35-26(24)38)37-31(20-9-5-3-6-10-20,21-11-7-4-8-12-21)22-13-15-23(41-2)16-14-22/h3-16,18-19,27-28,39-40H,17H2,1-2H3,(H,34,35,37)/t27-,28+,29+,30+/m0/s1. The number of imidazole rings is 1. The van der Waals surface area contributed by atoms with E-state index in [0.717, 1.165) is 23.6 Å². The topological polar surface area (TPSA) is 115 Å². The van der Waals surface area contributed by atoms with E-state index < -0.39 is 36.0 Å². The van der Waals surface area contributed by atoms with Crippen LogP contribution in [0, 0.1) is 0 Å². The fourth-order valence-electron chi connectivity index (χ4n) is 5.60. The van der Waals surface area contributed by atoms with Crippen molar-refractivity contribution in [2.75, 3.05) is 19.0 Å². The largest absolute Gasteiger partial charge is 0.497 e. The van der Waals surface area contributed by atoms with Gasteiger partial charge in [-0.25, -0.2) is 23.7 Å². The third kappa shape index (κ3) is 4.28. The first-order valence-electron chi connectivity index (χ1n) is 13.3. The van der Waals surface area contributed by atoms with Gasteiger partial charge in [0.15, 0.2) is 35.0 Å². The van der Waals surface area contributed by atoms with Crippen molar-refractivity contribution >= 4 is 17.0 Å². The van der Waals surface area contributed by atoms with E-state index in [1.165, 1.54) is 17.2 Å². The highest BCUT2D eigenvalue weighted by molar-refractivity contribution is 5.84. The van der Waals surface area contributed by atoms with Crippen LogP contribution in [0.5, 0.6) is 5.75 Å². The summed E-state index contributed by atoms with van der Waals surface area (Å²) < 4.78 is 42.6. The van der Waals surface area contributed by atoms with Gasteiger partial charge in [-0.2, -0.15) is 0 Å². The molecular formula is C31H29F2N5O4. The zero-order valence-electron chi connectivity index (χ0n) is 22.9. The summed E-state index contributed by atoms with van der Waals surface area (Å²) >= 11 is 0. The molecule has 1 aliphatic heterocycles. The first-order valence-corrected chi connectivity index (χ1v) is 13.3. The Morgan fingerprint density at radius 1 is 0.929 bits per heavy atom. The molecule has 6 rings (SSSR count). The van der Waals surface area contributed by atoms with Crippen LogP contribution < -0.4 is 10.1 Å². The lowest BCUT2D eigenvalue weighted by Crippen LogP contribution is -2.46. The van der Waals surface area contributed by atoms with E-state index >= 15 is 8.78 Å². The number of nitrogens with one attached hydrogen (secondary N) is 1. The van der Waals surface area contributed by atoms with Crippen molar-refractivity contribution in [1.82, 2.24) is 19.5 Å². The van der Waals surface area contributed by atoms with Gasteiger partial charge >= 0.3 is 0 Å². The van der Waals surface area contributed by atoms with E-state index in [1.54, 1.807) is 7.11 Å². The molecule has 3 N–H and O–H groups in total.